The Bertz CT molecular complexity index is 844. The monoisotopic (exact) mass is 302 g/mol. The molecule has 7 heteroatoms. The van der Waals surface area contributed by atoms with Crippen molar-refractivity contribution >= 4 is 11.9 Å². The molecule has 0 spiro atoms. The van der Waals surface area contributed by atoms with E-state index >= 15 is 0 Å². The zero-order valence-corrected chi connectivity index (χ0v) is 12.0. The van der Waals surface area contributed by atoms with Crippen LogP contribution in [-0.4, -0.2) is 27.6 Å². The van der Waals surface area contributed by atoms with Crippen LogP contribution in [0.15, 0.2) is 39.9 Å². The number of rotatable bonds is 4. The highest BCUT2D eigenvalue weighted by atomic mass is 16.5. The number of methoxy groups -OCH3 is 1. The molecule has 0 atom stereocenters. The molecule has 0 aliphatic heterocycles. The molecule has 0 saturated heterocycles. The molecule has 0 saturated carbocycles. The van der Waals surface area contributed by atoms with E-state index in [-0.39, 0.29) is 0 Å². The zero-order valence-electron chi connectivity index (χ0n) is 12.0. The van der Waals surface area contributed by atoms with Crippen LogP contribution in [0.5, 0.6) is 11.6 Å². The van der Waals surface area contributed by atoms with Crippen LogP contribution in [-0.2, 0) is 7.05 Å². The van der Waals surface area contributed by atoms with Gasteiger partial charge in [0.2, 0.25) is 5.88 Å². The molecule has 22 heavy (non-hydrogen) atoms. The normalized spacial score (nSPS) is 10.8. The van der Waals surface area contributed by atoms with Crippen molar-refractivity contribution in [2.24, 2.45) is 7.05 Å². The van der Waals surface area contributed by atoms with E-state index in [2.05, 4.69) is 0 Å². The molecule has 0 bridgehead atoms. The van der Waals surface area contributed by atoms with Gasteiger partial charge >= 0.3 is 5.69 Å². The van der Waals surface area contributed by atoms with Gasteiger partial charge in [-0.15, -0.1) is 0 Å². The SMILES string of the molecule is COc1ccc(/C=C/C(=O)c2c(O)n(C)c(=O)[nH]c2=O)cc1. The van der Waals surface area contributed by atoms with Gasteiger partial charge in [0, 0.05) is 7.05 Å². The number of nitrogens with one attached hydrogen (secondary N) is 1. The molecule has 0 amide bonds. The maximum Gasteiger partial charge on any atom is 0.330 e. The first-order chi connectivity index (χ1) is 10.4. The molecular weight excluding hydrogens is 288 g/mol. The quantitative estimate of drug-likeness (QED) is 0.639. The highest BCUT2D eigenvalue weighted by Crippen LogP contribution is 2.14. The fourth-order valence-corrected chi connectivity index (χ4v) is 1.80. The van der Waals surface area contributed by atoms with Crippen LogP contribution in [0.4, 0.5) is 0 Å². The summed E-state index contributed by atoms with van der Waals surface area (Å²) < 4.78 is 5.81. The molecular formula is C15H14N2O5. The van der Waals surface area contributed by atoms with Crippen molar-refractivity contribution in [2.45, 2.75) is 0 Å². The van der Waals surface area contributed by atoms with Crippen LogP contribution >= 0.6 is 0 Å². The van der Waals surface area contributed by atoms with Crippen molar-refractivity contribution in [3.05, 3.63) is 62.3 Å². The van der Waals surface area contributed by atoms with Gasteiger partial charge in [0.15, 0.2) is 5.78 Å². The first kappa shape index (κ1) is 15.3. The predicted octanol–water partition coefficient (Wildman–Crippen LogP) is 0.684. The van der Waals surface area contributed by atoms with E-state index < -0.39 is 28.5 Å². The Balaban J connectivity index is 2.33. The zero-order chi connectivity index (χ0) is 16.3. The molecule has 1 aromatic carbocycles. The van der Waals surface area contributed by atoms with Gasteiger partial charge in [-0.1, -0.05) is 18.2 Å². The molecule has 0 unspecified atom stereocenters. The molecule has 1 heterocycles. The van der Waals surface area contributed by atoms with Gasteiger partial charge in [0.05, 0.1) is 7.11 Å². The Hall–Kier alpha value is -3.09. The second kappa shape index (κ2) is 6.13. The minimum atomic E-state index is -0.926. The third-order valence-corrected chi connectivity index (χ3v) is 3.08. The summed E-state index contributed by atoms with van der Waals surface area (Å²) in [6.07, 6.45) is 2.64. The van der Waals surface area contributed by atoms with Crippen molar-refractivity contribution in [2.75, 3.05) is 7.11 Å². The number of aromatic nitrogens is 2. The summed E-state index contributed by atoms with van der Waals surface area (Å²) in [6.45, 7) is 0. The van der Waals surface area contributed by atoms with Gasteiger partial charge in [0.1, 0.15) is 11.3 Å². The summed E-state index contributed by atoms with van der Waals surface area (Å²) in [6, 6.07) is 6.90. The third-order valence-electron chi connectivity index (χ3n) is 3.08. The van der Waals surface area contributed by atoms with E-state index in [1.165, 1.54) is 13.1 Å². The molecule has 0 aliphatic carbocycles. The minimum Gasteiger partial charge on any atom is -0.497 e. The Morgan fingerprint density at radius 1 is 1.27 bits per heavy atom. The van der Waals surface area contributed by atoms with Crippen molar-refractivity contribution in [3.8, 4) is 11.6 Å². The van der Waals surface area contributed by atoms with Crippen LogP contribution in [0.2, 0.25) is 0 Å². The summed E-state index contributed by atoms with van der Waals surface area (Å²) in [5, 5.41) is 9.77. The number of ether oxygens (including phenoxy) is 1. The average Bonchev–Trinajstić information content (AvgIpc) is 2.51. The maximum absolute atomic E-state index is 12.0. The third kappa shape index (κ3) is 2.98. The second-order valence-corrected chi connectivity index (χ2v) is 4.49. The lowest BCUT2D eigenvalue weighted by Crippen LogP contribution is -2.32. The smallest absolute Gasteiger partial charge is 0.330 e. The predicted molar refractivity (Wildman–Crippen MR) is 80.3 cm³/mol. The van der Waals surface area contributed by atoms with E-state index in [1.54, 1.807) is 31.4 Å². The second-order valence-electron chi connectivity index (χ2n) is 4.49. The number of allylic oxidation sites excluding steroid dienone is 1. The van der Waals surface area contributed by atoms with Gasteiger partial charge in [-0.2, -0.15) is 0 Å². The van der Waals surface area contributed by atoms with Crippen LogP contribution in [0.3, 0.4) is 0 Å². The van der Waals surface area contributed by atoms with E-state index in [4.69, 9.17) is 4.74 Å². The lowest BCUT2D eigenvalue weighted by Gasteiger charge is -2.04. The Labute approximate surface area is 125 Å². The largest absolute Gasteiger partial charge is 0.497 e. The number of hydrogen-bond acceptors (Lipinski definition) is 5. The number of aromatic amines is 1. The first-order valence-electron chi connectivity index (χ1n) is 6.32. The lowest BCUT2D eigenvalue weighted by molar-refractivity contribution is 0.104. The number of aromatic hydroxyl groups is 1. The van der Waals surface area contributed by atoms with E-state index in [9.17, 15) is 19.5 Å². The number of ketones is 1. The van der Waals surface area contributed by atoms with E-state index in [0.29, 0.717) is 5.75 Å². The Morgan fingerprint density at radius 3 is 2.50 bits per heavy atom. The number of carbonyl (C=O) groups is 1. The minimum absolute atomic E-state index is 0.480. The van der Waals surface area contributed by atoms with Crippen LogP contribution < -0.4 is 16.0 Å². The average molecular weight is 302 g/mol. The molecule has 0 radical (unpaired) electrons. The summed E-state index contributed by atoms with van der Waals surface area (Å²) >= 11 is 0. The molecule has 1 aromatic heterocycles. The van der Waals surface area contributed by atoms with Crippen molar-refractivity contribution in [1.29, 1.82) is 0 Å². The van der Waals surface area contributed by atoms with Gasteiger partial charge in [-0.3, -0.25) is 19.1 Å². The fraction of sp³-hybridized carbons (Fsp3) is 0.133. The van der Waals surface area contributed by atoms with Gasteiger partial charge < -0.3 is 9.84 Å². The highest BCUT2D eigenvalue weighted by molar-refractivity contribution is 6.07. The molecule has 7 nitrogen and oxygen atoms in total. The lowest BCUT2D eigenvalue weighted by atomic mass is 10.1. The highest BCUT2D eigenvalue weighted by Gasteiger charge is 2.17. The van der Waals surface area contributed by atoms with Crippen molar-refractivity contribution in [3.63, 3.8) is 0 Å². The molecule has 2 N–H and O–H groups in total. The van der Waals surface area contributed by atoms with Gasteiger partial charge in [0.25, 0.3) is 5.56 Å². The molecule has 2 rings (SSSR count). The first-order valence-corrected chi connectivity index (χ1v) is 6.32. The molecule has 0 aliphatic rings. The van der Waals surface area contributed by atoms with Crippen molar-refractivity contribution in [1.82, 2.24) is 9.55 Å². The molecule has 114 valence electrons. The van der Waals surface area contributed by atoms with Crippen LogP contribution in [0, 0.1) is 0 Å². The van der Waals surface area contributed by atoms with Crippen molar-refractivity contribution < 1.29 is 14.6 Å². The molecule has 2 aromatic rings. The number of carbonyl (C=O) groups excluding carboxylic acids is 1. The Morgan fingerprint density at radius 2 is 1.91 bits per heavy atom. The summed E-state index contributed by atoms with van der Waals surface area (Å²) in [7, 11) is 2.79. The number of nitrogens with zero attached hydrogens (tertiary/aromatic N) is 1. The summed E-state index contributed by atoms with van der Waals surface area (Å²) in [4.78, 5) is 36.9. The Kier molecular flexibility index (Phi) is 4.26. The number of hydrogen-bond donors (Lipinski definition) is 2. The number of benzene rings is 1. The summed E-state index contributed by atoms with van der Waals surface area (Å²) in [5.74, 6) is -0.695. The fourth-order valence-electron chi connectivity index (χ4n) is 1.80. The van der Waals surface area contributed by atoms with E-state index in [1.807, 2.05) is 4.98 Å². The van der Waals surface area contributed by atoms with E-state index in [0.717, 1.165) is 16.2 Å². The van der Waals surface area contributed by atoms with Crippen LogP contribution in [0.25, 0.3) is 6.08 Å². The van der Waals surface area contributed by atoms with Gasteiger partial charge in [-0.05, 0) is 23.8 Å². The topological polar surface area (TPSA) is 101 Å². The summed E-state index contributed by atoms with van der Waals surface area (Å²) in [5.41, 5.74) is -1.48. The number of H-pyrrole nitrogens is 1. The van der Waals surface area contributed by atoms with Gasteiger partial charge in [-0.25, -0.2) is 4.79 Å². The maximum atomic E-state index is 12.0. The standard InChI is InChI=1S/C15H14N2O5/c1-17-14(20)12(13(19)16-15(17)21)11(18)8-5-9-3-6-10(22-2)7-4-9/h3-8,20H,1-2H3,(H,16,19,21)/b8-5+. The van der Waals surface area contributed by atoms with Crippen LogP contribution in [0.1, 0.15) is 15.9 Å². The molecule has 0 fully saturated rings.